The Kier molecular flexibility index (Phi) is 6.84. The van der Waals surface area contributed by atoms with Gasteiger partial charge < -0.3 is 20.0 Å². The molecule has 3 aromatic rings. The van der Waals surface area contributed by atoms with Gasteiger partial charge in [0.25, 0.3) is 0 Å². The number of hydrogen-bond donors (Lipinski definition) is 2. The predicted molar refractivity (Wildman–Crippen MR) is 110 cm³/mol. The number of alkyl carbamates (subject to hydrolysis) is 1. The van der Waals surface area contributed by atoms with E-state index in [4.69, 9.17) is 9.47 Å². The predicted octanol–water partition coefficient (Wildman–Crippen LogP) is 4.54. The molecule has 0 heterocycles. The molecule has 1 atom stereocenters. The molecule has 0 aliphatic heterocycles. The van der Waals surface area contributed by atoms with Gasteiger partial charge in [0.05, 0.1) is 7.11 Å². The Morgan fingerprint density at radius 3 is 2.17 bits per heavy atom. The largest absolute Gasteiger partial charge is 0.497 e. The maximum atomic E-state index is 12.5. The zero-order valence-corrected chi connectivity index (χ0v) is 16.0. The Bertz CT molecular complexity index is 942. The van der Waals surface area contributed by atoms with E-state index in [1.54, 1.807) is 31.4 Å². The first-order valence-corrected chi connectivity index (χ1v) is 9.10. The van der Waals surface area contributed by atoms with E-state index in [0.717, 1.165) is 11.1 Å². The molecule has 0 aliphatic rings. The molecule has 29 heavy (non-hydrogen) atoms. The quantitative estimate of drug-likeness (QED) is 0.353. The van der Waals surface area contributed by atoms with Gasteiger partial charge in [-0.25, -0.2) is 4.79 Å². The minimum Gasteiger partial charge on any atom is -0.497 e. The second-order valence-corrected chi connectivity index (χ2v) is 6.26. The van der Waals surface area contributed by atoms with Crippen LogP contribution >= 0.6 is 0 Å². The molecule has 0 unspecified atom stereocenters. The topological polar surface area (TPSA) is 80.2 Å². The third kappa shape index (κ3) is 5.35. The SMILES string of the molecule is COc1ccc(/C(=N\O)[C@@H](NC(=O)OCc2ccccc2)c2ccccc2)cc1. The molecule has 6 heteroatoms. The lowest BCUT2D eigenvalue weighted by molar-refractivity contribution is 0.138. The summed E-state index contributed by atoms with van der Waals surface area (Å²) < 4.78 is 10.5. The molecule has 148 valence electrons. The molecule has 0 saturated carbocycles. The molecule has 0 aromatic heterocycles. The van der Waals surface area contributed by atoms with Crippen molar-refractivity contribution in [2.24, 2.45) is 5.16 Å². The van der Waals surface area contributed by atoms with Gasteiger partial charge in [0, 0.05) is 5.56 Å². The molecular formula is C23H22N2O4. The molecule has 2 N–H and O–H groups in total. The van der Waals surface area contributed by atoms with Crippen LogP contribution in [0.2, 0.25) is 0 Å². The smallest absolute Gasteiger partial charge is 0.408 e. The van der Waals surface area contributed by atoms with E-state index < -0.39 is 12.1 Å². The van der Waals surface area contributed by atoms with Crippen molar-refractivity contribution in [2.45, 2.75) is 12.6 Å². The van der Waals surface area contributed by atoms with Gasteiger partial charge in [-0.1, -0.05) is 65.8 Å². The summed E-state index contributed by atoms with van der Waals surface area (Å²) in [6.45, 7) is 0.141. The molecule has 1 amide bonds. The van der Waals surface area contributed by atoms with Crippen LogP contribution in [0.4, 0.5) is 4.79 Å². The molecular weight excluding hydrogens is 368 g/mol. The van der Waals surface area contributed by atoms with Gasteiger partial charge in [0.15, 0.2) is 0 Å². The fourth-order valence-electron chi connectivity index (χ4n) is 2.88. The molecule has 0 saturated heterocycles. The Labute approximate surface area is 169 Å². The minimum atomic E-state index is -0.696. The van der Waals surface area contributed by atoms with Crippen molar-refractivity contribution in [1.29, 1.82) is 0 Å². The van der Waals surface area contributed by atoms with Crippen LogP contribution < -0.4 is 10.1 Å². The number of nitrogens with zero attached hydrogens (tertiary/aromatic N) is 1. The molecule has 3 aromatic carbocycles. The van der Waals surface area contributed by atoms with Crippen LogP contribution in [0.5, 0.6) is 5.75 Å². The first-order valence-electron chi connectivity index (χ1n) is 9.10. The van der Waals surface area contributed by atoms with Crippen LogP contribution in [0.3, 0.4) is 0 Å². The zero-order chi connectivity index (χ0) is 20.5. The van der Waals surface area contributed by atoms with Gasteiger partial charge in [0.1, 0.15) is 24.1 Å². The third-order valence-electron chi connectivity index (χ3n) is 4.37. The van der Waals surface area contributed by atoms with Crippen molar-refractivity contribution in [2.75, 3.05) is 7.11 Å². The van der Waals surface area contributed by atoms with Crippen LogP contribution in [0.15, 0.2) is 90.1 Å². The summed E-state index contributed by atoms with van der Waals surface area (Å²) in [5, 5.41) is 16.0. The van der Waals surface area contributed by atoms with Crippen LogP contribution in [-0.2, 0) is 11.3 Å². The normalized spacial score (nSPS) is 12.1. The highest BCUT2D eigenvalue weighted by molar-refractivity contribution is 6.05. The Morgan fingerprint density at radius 2 is 1.59 bits per heavy atom. The van der Waals surface area contributed by atoms with E-state index in [1.807, 2.05) is 60.7 Å². The van der Waals surface area contributed by atoms with E-state index in [-0.39, 0.29) is 12.3 Å². The highest BCUT2D eigenvalue weighted by Crippen LogP contribution is 2.22. The van der Waals surface area contributed by atoms with Gasteiger partial charge in [0.2, 0.25) is 0 Å². The van der Waals surface area contributed by atoms with Gasteiger partial charge in [-0.3, -0.25) is 0 Å². The first-order chi connectivity index (χ1) is 14.2. The maximum Gasteiger partial charge on any atom is 0.408 e. The van der Waals surface area contributed by atoms with Crippen molar-refractivity contribution < 1.29 is 19.5 Å². The molecule has 0 bridgehead atoms. The fourth-order valence-corrected chi connectivity index (χ4v) is 2.88. The van der Waals surface area contributed by atoms with E-state index in [2.05, 4.69) is 10.5 Å². The number of hydrogen-bond acceptors (Lipinski definition) is 5. The number of rotatable bonds is 7. The van der Waals surface area contributed by atoms with Crippen LogP contribution in [0.25, 0.3) is 0 Å². The van der Waals surface area contributed by atoms with Gasteiger partial charge in [-0.05, 0) is 35.4 Å². The highest BCUT2D eigenvalue weighted by atomic mass is 16.5. The van der Waals surface area contributed by atoms with Crippen molar-refractivity contribution >= 4 is 11.8 Å². The summed E-state index contributed by atoms with van der Waals surface area (Å²) >= 11 is 0. The number of methoxy groups -OCH3 is 1. The van der Waals surface area contributed by atoms with Crippen LogP contribution in [0, 0.1) is 0 Å². The highest BCUT2D eigenvalue weighted by Gasteiger charge is 2.23. The molecule has 0 fully saturated rings. The van der Waals surface area contributed by atoms with Crippen molar-refractivity contribution in [3.8, 4) is 5.75 Å². The summed E-state index contributed by atoms with van der Waals surface area (Å²) in [4.78, 5) is 12.5. The second-order valence-electron chi connectivity index (χ2n) is 6.26. The molecule has 0 radical (unpaired) electrons. The van der Waals surface area contributed by atoms with E-state index in [9.17, 15) is 10.0 Å². The lowest BCUT2D eigenvalue weighted by Gasteiger charge is -2.20. The van der Waals surface area contributed by atoms with Gasteiger partial charge in [-0.15, -0.1) is 0 Å². The van der Waals surface area contributed by atoms with Crippen molar-refractivity contribution in [3.63, 3.8) is 0 Å². The number of oxime groups is 1. The van der Waals surface area contributed by atoms with Crippen molar-refractivity contribution in [3.05, 3.63) is 102 Å². The molecule has 0 aliphatic carbocycles. The molecule has 3 rings (SSSR count). The summed E-state index contributed by atoms with van der Waals surface area (Å²) in [7, 11) is 1.58. The van der Waals surface area contributed by atoms with Crippen molar-refractivity contribution in [1.82, 2.24) is 5.32 Å². The number of carbonyl (C=O) groups is 1. The van der Waals surface area contributed by atoms with E-state index >= 15 is 0 Å². The summed E-state index contributed by atoms with van der Waals surface area (Å²) in [5.41, 5.74) is 2.57. The van der Waals surface area contributed by atoms with Gasteiger partial charge in [-0.2, -0.15) is 0 Å². The minimum absolute atomic E-state index is 0.141. The third-order valence-corrected chi connectivity index (χ3v) is 4.37. The molecule has 6 nitrogen and oxygen atoms in total. The number of amides is 1. The second kappa shape index (κ2) is 9.94. The lowest BCUT2D eigenvalue weighted by Crippen LogP contribution is -2.34. The van der Waals surface area contributed by atoms with Crippen LogP contribution in [-0.4, -0.2) is 24.1 Å². The monoisotopic (exact) mass is 390 g/mol. The zero-order valence-electron chi connectivity index (χ0n) is 16.0. The summed E-state index contributed by atoms with van der Waals surface area (Å²) in [6, 6.07) is 25.0. The van der Waals surface area contributed by atoms with E-state index in [1.165, 1.54) is 0 Å². The fraction of sp³-hybridized carbons (Fsp3) is 0.130. The molecule has 0 spiro atoms. The van der Waals surface area contributed by atoms with Gasteiger partial charge >= 0.3 is 6.09 Å². The Hall–Kier alpha value is -3.80. The van der Waals surface area contributed by atoms with E-state index in [0.29, 0.717) is 11.3 Å². The summed E-state index contributed by atoms with van der Waals surface area (Å²) in [6.07, 6.45) is -0.614. The summed E-state index contributed by atoms with van der Waals surface area (Å²) in [5.74, 6) is 0.678. The average Bonchev–Trinajstić information content (AvgIpc) is 2.79. The number of benzene rings is 3. The van der Waals surface area contributed by atoms with Crippen LogP contribution in [0.1, 0.15) is 22.7 Å². The number of nitrogens with one attached hydrogen (secondary N) is 1. The maximum absolute atomic E-state index is 12.5. The number of ether oxygens (including phenoxy) is 2. The average molecular weight is 390 g/mol. The Balaban J connectivity index is 1.81. The number of carbonyl (C=O) groups excluding carboxylic acids is 1. The standard InChI is InChI=1S/C23H22N2O4/c1-28-20-14-12-19(13-15-20)22(25-27)21(18-10-6-3-7-11-18)24-23(26)29-16-17-8-4-2-5-9-17/h2-15,21,27H,16H2,1H3,(H,24,26)/b25-22+/t21-/m0/s1. The lowest BCUT2D eigenvalue weighted by atomic mass is 9.96. The Morgan fingerprint density at radius 1 is 0.966 bits per heavy atom. The first kappa shape index (κ1) is 19.9.